The molecule has 48 heavy (non-hydrogen) atoms. The van der Waals surface area contributed by atoms with Gasteiger partial charge in [0.1, 0.15) is 23.7 Å². The van der Waals surface area contributed by atoms with Crippen molar-refractivity contribution in [2.45, 2.75) is 58.3 Å². The molecule has 4 rings (SSSR count). The van der Waals surface area contributed by atoms with E-state index in [0.717, 1.165) is 24.5 Å². The molecular formula is C34H47Cl2N5O7. The van der Waals surface area contributed by atoms with Crippen LogP contribution in [0.15, 0.2) is 48.5 Å². The van der Waals surface area contributed by atoms with Crippen LogP contribution in [-0.2, 0) is 28.6 Å². The smallest absolute Gasteiger partial charge is 0.408 e. The normalized spacial score (nSPS) is 18.7. The van der Waals surface area contributed by atoms with E-state index >= 15 is 0 Å². The number of methoxy groups -OCH3 is 2. The predicted molar refractivity (Wildman–Crippen MR) is 187 cm³/mol. The first kappa shape index (κ1) is 38.7. The molecule has 0 saturated carbocycles. The number of halogens is 2. The summed E-state index contributed by atoms with van der Waals surface area (Å²) in [4.78, 5) is 55.2. The number of rotatable bonds is 7. The van der Waals surface area contributed by atoms with Crippen molar-refractivity contribution in [3.05, 3.63) is 58.6 Å². The third-order valence-electron chi connectivity index (χ3n) is 7.80. The zero-order chi connectivity index (χ0) is 35.6. The second kappa shape index (κ2) is 17.6. The van der Waals surface area contributed by atoms with Gasteiger partial charge >= 0.3 is 18.0 Å². The minimum Gasteiger partial charge on any atom is -0.467 e. The largest absolute Gasteiger partial charge is 0.467 e. The van der Waals surface area contributed by atoms with Crippen LogP contribution in [0.2, 0.25) is 10.0 Å². The van der Waals surface area contributed by atoms with Crippen molar-refractivity contribution >= 4 is 58.5 Å². The quantitative estimate of drug-likeness (QED) is 0.316. The van der Waals surface area contributed by atoms with Gasteiger partial charge in [0.2, 0.25) is 5.91 Å². The SMILES string of the molecule is COC(=O)[C@H]1CN(C(=O)[C@@H](NC(=O)OC(C)(C)C)C(C)C)CCN1c1ccc(Cl)cc1.COC(=O)[C@H]1CNCCN1c1ccc(Cl)cc1. The maximum Gasteiger partial charge on any atom is 0.408 e. The lowest BCUT2D eigenvalue weighted by molar-refractivity contribution is -0.145. The molecule has 2 fully saturated rings. The molecule has 0 aliphatic carbocycles. The number of nitrogens with zero attached hydrogens (tertiary/aromatic N) is 3. The van der Waals surface area contributed by atoms with E-state index in [4.69, 9.17) is 37.4 Å². The number of carbonyl (C=O) groups is 4. The molecule has 2 aromatic carbocycles. The van der Waals surface area contributed by atoms with E-state index in [1.54, 1.807) is 37.8 Å². The number of ether oxygens (including phenoxy) is 3. The second-order valence-corrected chi connectivity index (χ2v) is 13.6. The topological polar surface area (TPSA) is 130 Å². The van der Waals surface area contributed by atoms with Crippen LogP contribution in [0.4, 0.5) is 16.2 Å². The van der Waals surface area contributed by atoms with Crippen molar-refractivity contribution < 1.29 is 33.4 Å². The Morgan fingerprint density at radius 2 is 1.31 bits per heavy atom. The number of piperazine rings is 2. The molecule has 2 aliphatic rings. The summed E-state index contributed by atoms with van der Waals surface area (Å²) < 4.78 is 15.1. The van der Waals surface area contributed by atoms with Gasteiger partial charge in [-0.05, 0) is 75.2 Å². The van der Waals surface area contributed by atoms with E-state index in [-0.39, 0.29) is 30.4 Å². The highest BCUT2D eigenvalue weighted by Crippen LogP contribution is 2.25. The summed E-state index contributed by atoms with van der Waals surface area (Å²) in [7, 11) is 2.74. The van der Waals surface area contributed by atoms with Crippen molar-refractivity contribution in [2.24, 2.45) is 5.92 Å². The number of carbonyl (C=O) groups excluding carboxylic acids is 4. The summed E-state index contributed by atoms with van der Waals surface area (Å²) >= 11 is 11.8. The number of hydrogen-bond donors (Lipinski definition) is 2. The van der Waals surface area contributed by atoms with Crippen molar-refractivity contribution in [2.75, 3.05) is 63.3 Å². The van der Waals surface area contributed by atoms with Crippen LogP contribution in [-0.4, -0.2) is 106 Å². The molecule has 12 nitrogen and oxygen atoms in total. The monoisotopic (exact) mass is 707 g/mol. The molecule has 2 amide bonds. The van der Waals surface area contributed by atoms with E-state index in [0.29, 0.717) is 29.7 Å². The Morgan fingerprint density at radius 1 is 0.812 bits per heavy atom. The predicted octanol–water partition coefficient (Wildman–Crippen LogP) is 4.37. The number of esters is 2. The van der Waals surface area contributed by atoms with E-state index in [1.807, 2.05) is 60.0 Å². The minimum atomic E-state index is -0.768. The van der Waals surface area contributed by atoms with Gasteiger partial charge in [-0.15, -0.1) is 0 Å². The number of anilines is 2. The van der Waals surface area contributed by atoms with Gasteiger partial charge in [0, 0.05) is 54.1 Å². The first-order chi connectivity index (χ1) is 22.6. The Bertz CT molecular complexity index is 1390. The van der Waals surface area contributed by atoms with Gasteiger partial charge in [-0.2, -0.15) is 0 Å². The van der Waals surface area contributed by atoms with Gasteiger partial charge in [-0.1, -0.05) is 37.0 Å². The molecule has 14 heteroatoms. The average Bonchev–Trinajstić information content (AvgIpc) is 3.06. The summed E-state index contributed by atoms with van der Waals surface area (Å²) in [6.45, 7) is 12.2. The molecule has 3 atom stereocenters. The van der Waals surface area contributed by atoms with E-state index in [1.165, 1.54) is 14.2 Å². The molecule has 2 aliphatic heterocycles. The number of benzene rings is 2. The number of nitrogens with one attached hydrogen (secondary N) is 2. The fraction of sp³-hybridized carbons (Fsp3) is 0.529. The lowest BCUT2D eigenvalue weighted by Gasteiger charge is -2.42. The van der Waals surface area contributed by atoms with Crippen LogP contribution in [0, 0.1) is 5.92 Å². The highest BCUT2D eigenvalue weighted by Gasteiger charge is 2.38. The highest BCUT2D eigenvalue weighted by atomic mass is 35.5. The lowest BCUT2D eigenvalue weighted by Crippen LogP contribution is -2.62. The molecule has 2 aromatic rings. The van der Waals surface area contributed by atoms with E-state index in [2.05, 4.69) is 10.6 Å². The van der Waals surface area contributed by atoms with Crippen LogP contribution in [0.25, 0.3) is 0 Å². The molecule has 0 spiro atoms. The summed E-state index contributed by atoms with van der Waals surface area (Å²) in [6.07, 6.45) is -0.649. The van der Waals surface area contributed by atoms with Gasteiger partial charge in [0.15, 0.2) is 0 Å². The standard InChI is InChI=1S/C22H32ClN3O5.C12H15ClN2O2/c1-14(2)18(24-21(29)31-22(3,4)5)19(27)25-11-12-26(17(13-25)20(28)30-6)16-9-7-15(23)8-10-16;1-17-12(16)11-8-14-6-7-15(11)10-4-2-9(13)3-5-10/h7-10,14,17-18H,11-13H2,1-6H3,(H,24,29);2-5,11,14H,6-8H2,1H3/t17-,18+;11-/m11/s1. The first-order valence-electron chi connectivity index (χ1n) is 15.8. The maximum atomic E-state index is 13.3. The zero-order valence-electron chi connectivity index (χ0n) is 28.6. The summed E-state index contributed by atoms with van der Waals surface area (Å²) in [6, 6.07) is 13.0. The van der Waals surface area contributed by atoms with Gasteiger partial charge in [-0.3, -0.25) is 4.79 Å². The van der Waals surface area contributed by atoms with Gasteiger partial charge < -0.3 is 39.5 Å². The first-order valence-corrected chi connectivity index (χ1v) is 16.6. The zero-order valence-corrected chi connectivity index (χ0v) is 30.1. The highest BCUT2D eigenvalue weighted by molar-refractivity contribution is 6.30. The molecule has 0 aromatic heterocycles. The minimum absolute atomic E-state index is 0.146. The van der Waals surface area contributed by atoms with Gasteiger partial charge in [0.05, 0.1) is 20.8 Å². The molecule has 0 bridgehead atoms. The Morgan fingerprint density at radius 3 is 1.79 bits per heavy atom. The lowest BCUT2D eigenvalue weighted by atomic mass is 10.0. The van der Waals surface area contributed by atoms with Crippen molar-refractivity contribution in [1.29, 1.82) is 0 Å². The van der Waals surface area contributed by atoms with Crippen molar-refractivity contribution in [3.8, 4) is 0 Å². The third kappa shape index (κ3) is 10.9. The van der Waals surface area contributed by atoms with Gasteiger partial charge in [0.25, 0.3) is 0 Å². The molecule has 2 saturated heterocycles. The van der Waals surface area contributed by atoms with Gasteiger partial charge in [-0.25, -0.2) is 14.4 Å². The Kier molecular flexibility index (Phi) is 14.2. The molecule has 2 N–H and O–H groups in total. The third-order valence-corrected chi connectivity index (χ3v) is 8.31. The van der Waals surface area contributed by atoms with Crippen LogP contribution in [0.3, 0.4) is 0 Å². The molecule has 0 radical (unpaired) electrons. The van der Waals surface area contributed by atoms with Crippen LogP contribution >= 0.6 is 23.2 Å². The summed E-state index contributed by atoms with van der Waals surface area (Å²) in [5.41, 5.74) is 1.14. The molecular weight excluding hydrogens is 661 g/mol. The molecule has 2 heterocycles. The van der Waals surface area contributed by atoms with Crippen molar-refractivity contribution in [1.82, 2.24) is 15.5 Å². The summed E-state index contributed by atoms with van der Waals surface area (Å²) in [5, 5.41) is 7.16. The fourth-order valence-electron chi connectivity index (χ4n) is 5.40. The molecule has 0 unspecified atom stereocenters. The Hall–Kier alpha value is -3.74. The summed E-state index contributed by atoms with van der Waals surface area (Å²) in [5.74, 6) is -1.07. The van der Waals surface area contributed by atoms with E-state index in [9.17, 15) is 19.2 Å². The number of amides is 2. The molecule has 264 valence electrons. The van der Waals surface area contributed by atoms with Crippen LogP contribution < -0.4 is 20.4 Å². The van der Waals surface area contributed by atoms with E-state index < -0.39 is 29.7 Å². The maximum absolute atomic E-state index is 13.3. The Labute approximate surface area is 292 Å². The fourth-order valence-corrected chi connectivity index (χ4v) is 5.65. The number of alkyl carbamates (subject to hydrolysis) is 1. The second-order valence-electron chi connectivity index (χ2n) is 12.8. The average molecular weight is 709 g/mol. The Balaban J connectivity index is 0.000000308. The van der Waals surface area contributed by atoms with Crippen molar-refractivity contribution in [3.63, 3.8) is 0 Å². The number of hydrogen-bond acceptors (Lipinski definition) is 10. The van der Waals surface area contributed by atoms with Crippen LogP contribution in [0.1, 0.15) is 34.6 Å². The van der Waals surface area contributed by atoms with Crippen LogP contribution in [0.5, 0.6) is 0 Å².